The van der Waals surface area contributed by atoms with Gasteiger partial charge in [-0.2, -0.15) is 5.10 Å². The fourth-order valence-corrected chi connectivity index (χ4v) is 4.30. The Morgan fingerprint density at radius 1 is 1.40 bits per heavy atom. The molecule has 1 aliphatic carbocycles. The van der Waals surface area contributed by atoms with Crippen molar-refractivity contribution in [2.75, 3.05) is 17.7 Å². The Morgan fingerprint density at radius 3 is 2.97 bits per heavy atom. The molecule has 154 valence electrons. The Labute approximate surface area is 181 Å². The van der Waals surface area contributed by atoms with Gasteiger partial charge in [-0.05, 0) is 74.2 Å². The number of nitrogens with zero attached hydrogens (tertiary/aromatic N) is 5. The molecule has 3 aromatic rings. The number of aliphatic imine (C=N–C) groups is 1. The van der Waals surface area contributed by atoms with Gasteiger partial charge in [0, 0.05) is 29.0 Å². The molecule has 2 N–H and O–H groups in total. The average Bonchev–Trinajstić information content (AvgIpc) is 3.44. The van der Waals surface area contributed by atoms with Crippen molar-refractivity contribution in [2.24, 2.45) is 10.7 Å². The zero-order valence-electron chi connectivity index (χ0n) is 17.3. The molecule has 0 radical (unpaired) electrons. The number of fused-ring (bicyclic) bond motifs is 1. The van der Waals surface area contributed by atoms with Gasteiger partial charge in [0.15, 0.2) is 11.6 Å². The smallest absolute Gasteiger partial charge is 0.161 e. The first-order chi connectivity index (χ1) is 14.6. The van der Waals surface area contributed by atoms with E-state index in [4.69, 9.17) is 10.7 Å². The van der Waals surface area contributed by atoms with E-state index in [9.17, 15) is 0 Å². The summed E-state index contributed by atoms with van der Waals surface area (Å²) in [7, 11) is 0. The molecule has 1 aromatic carbocycles. The van der Waals surface area contributed by atoms with E-state index in [0.29, 0.717) is 6.54 Å². The minimum absolute atomic E-state index is 0.131. The fourth-order valence-electron chi connectivity index (χ4n) is 3.81. The van der Waals surface area contributed by atoms with Gasteiger partial charge in [0.1, 0.15) is 5.69 Å². The second-order valence-electron chi connectivity index (χ2n) is 7.19. The van der Waals surface area contributed by atoms with Crippen molar-refractivity contribution >= 4 is 35.7 Å². The predicted molar refractivity (Wildman–Crippen MR) is 127 cm³/mol. The van der Waals surface area contributed by atoms with Crippen LogP contribution >= 0.6 is 11.8 Å². The van der Waals surface area contributed by atoms with Crippen LogP contribution in [0.2, 0.25) is 0 Å². The third kappa shape index (κ3) is 3.91. The summed E-state index contributed by atoms with van der Waals surface area (Å²) in [5.41, 5.74) is 10.6. The zero-order valence-corrected chi connectivity index (χ0v) is 18.1. The van der Waals surface area contributed by atoms with E-state index >= 15 is 0 Å². The van der Waals surface area contributed by atoms with Crippen LogP contribution in [0.15, 0.2) is 64.8 Å². The van der Waals surface area contributed by atoms with E-state index in [2.05, 4.69) is 59.2 Å². The summed E-state index contributed by atoms with van der Waals surface area (Å²) >= 11 is 1.74. The average molecular weight is 419 g/mol. The highest BCUT2D eigenvalue weighted by atomic mass is 32.2. The van der Waals surface area contributed by atoms with Gasteiger partial charge in [-0.25, -0.2) is 9.67 Å². The number of hydrogen-bond acceptors (Lipinski definition) is 6. The Hall–Kier alpha value is -2.90. The second-order valence-corrected chi connectivity index (χ2v) is 8.13. The number of thioether (sulfide) groups is 1. The largest absolute Gasteiger partial charge is 0.324 e. The summed E-state index contributed by atoms with van der Waals surface area (Å²) < 4.78 is 1.75. The summed E-state index contributed by atoms with van der Waals surface area (Å²) in [6, 6.07) is 12.4. The van der Waals surface area contributed by atoms with Crippen molar-refractivity contribution in [1.29, 1.82) is 0 Å². The third-order valence-corrected chi connectivity index (χ3v) is 6.35. The van der Waals surface area contributed by atoms with E-state index in [1.165, 1.54) is 16.0 Å². The van der Waals surface area contributed by atoms with Crippen LogP contribution < -0.4 is 10.6 Å². The van der Waals surface area contributed by atoms with Crippen LogP contribution in [0.5, 0.6) is 0 Å². The maximum absolute atomic E-state index is 6.26. The molecule has 0 saturated carbocycles. The number of nitrogens with two attached hydrogens (primary N) is 1. The molecular formula is C23H26N6S. The maximum atomic E-state index is 6.26. The standard InChI is InChI=1S/C23H26N6S/c1-4-18(30-3)15-28(17-7-8-19-16(14-17)6-9-20(19)24)23-21(25-2)10-11-22(27-23)29-13-5-12-26-29/h4-5,7-8,10-14,20H,2,6,9,15,24H2,1,3H3/b18-4-. The molecule has 4 rings (SSSR count). The predicted octanol–water partition coefficient (Wildman–Crippen LogP) is 4.95. The highest BCUT2D eigenvalue weighted by molar-refractivity contribution is 8.02. The van der Waals surface area contributed by atoms with Gasteiger partial charge in [0.2, 0.25) is 0 Å². The Kier molecular flexibility index (Phi) is 6.01. The van der Waals surface area contributed by atoms with Gasteiger partial charge in [-0.3, -0.25) is 4.99 Å². The van der Waals surface area contributed by atoms with Crippen LogP contribution in [0.3, 0.4) is 0 Å². The van der Waals surface area contributed by atoms with Crippen molar-refractivity contribution in [1.82, 2.24) is 14.8 Å². The summed E-state index contributed by atoms with van der Waals surface area (Å²) in [5, 5.41) is 4.32. The molecule has 0 saturated heterocycles. The lowest BCUT2D eigenvalue weighted by Crippen LogP contribution is -2.21. The Morgan fingerprint density at radius 2 is 2.27 bits per heavy atom. The Balaban J connectivity index is 1.84. The number of hydrogen-bond donors (Lipinski definition) is 1. The highest BCUT2D eigenvalue weighted by Gasteiger charge is 2.23. The van der Waals surface area contributed by atoms with Crippen molar-refractivity contribution in [3.05, 3.63) is 70.9 Å². The first-order valence-electron chi connectivity index (χ1n) is 9.97. The first-order valence-corrected chi connectivity index (χ1v) is 11.2. The number of aryl methyl sites for hydroxylation is 1. The lowest BCUT2D eigenvalue weighted by atomic mass is 10.1. The molecule has 1 aliphatic rings. The van der Waals surface area contributed by atoms with Crippen LogP contribution in [0.4, 0.5) is 17.2 Å². The van der Waals surface area contributed by atoms with Crippen LogP contribution in [0.1, 0.15) is 30.5 Å². The molecule has 0 amide bonds. The first kappa shape index (κ1) is 20.4. The molecule has 6 nitrogen and oxygen atoms in total. The molecule has 0 spiro atoms. The zero-order chi connectivity index (χ0) is 21.1. The van der Waals surface area contributed by atoms with Gasteiger partial charge >= 0.3 is 0 Å². The summed E-state index contributed by atoms with van der Waals surface area (Å²) in [4.78, 5) is 12.6. The quantitative estimate of drug-likeness (QED) is 0.550. The summed E-state index contributed by atoms with van der Waals surface area (Å²) in [6.45, 7) is 6.53. The number of benzene rings is 1. The molecular weight excluding hydrogens is 392 g/mol. The molecule has 2 aromatic heterocycles. The number of pyridine rings is 1. The second kappa shape index (κ2) is 8.85. The Bertz CT molecular complexity index is 1070. The monoisotopic (exact) mass is 418 g/mol. The van der Waals surface area contributed by atoms with Crippen molar-refractivity contribution in [2.45, 2.75) is 25.8 Å². The summed E-state index contributed by atoms with van der Waals surface area (Å²) in [5.74, 6) is 1.50. The van der Waals surface area contributed by atoms with Gasteiger partial charge in [0.25, 0.3) is 0 Å². The molecule has 1 unspecified atom stereocenters. The van der Waals surface area contributed by atoms with Gasteiger partial charge in [0.05, 0.1) is 6.54 Å². The minimum atomic E-state index is 0.131. The van der Waals surface area contributed by atoms with Gasteiger partial charge < -0.3 is 10.6 Å². The van der Waals surface area contributed by atoms with E-state index < -0.39 is 0 Å². The van der Waals surface area contributed by atoms with Crippen LogP contribution in [0, 0.1) is 0 Å². The molecule has 0 aliphatic heterocycles. The SMILES string of the molecule is C=Nc1ccc(-n2cccn2)nc1N(C/C(=C/C)SC)c1ccc2c(c1)CCC2N. The molecule has 0 bridgehead atoms. The minimum Gasteiger partial charge on any atom is -0.324 e. The topological polar surface area (TPSA) is 72.3 Å². The van der Waals surface area contributed by atoms with Gasteiger partial charge in [-0.1, -0.05) is 12.1 Å². The number of rotatable bonds is 7. The number of allylic oxidation sites excluding steroid dienone is 1. The van der Waals surface area contributed by atoms with Crippen LogP contribution in [-0.2, 0) is 6.42 Å². The van der Waals surface area contributed by atoms with E-state index in [-0.39, 0.29) is 6.04 Å². The van der Waals surface area contributed by atoms with E-state index in [1.54, 1.807) is 22.6 Å². The fraction of sp³-hybridized carbons (Fsp3) is 0.261. The van der Waals surface area contributed by atoms with Crippen molar-refractivity contribution in [3.8, 4) is 5.82 Å². The highest BCUT2D eigenvalue weighted by Crippen LogP contribution is 2.38. The molecule has 7 heteroatoms. The normalized spacial score (nSPS) is 15.8. The number of anilines is 2. The molecule has 0 fully saturated rings. The van der Waals surface area contributed by atoms with Gasteiger partial charge in [-0.15, -0.1) is 11.8 Å². The maximum Gasteiger partial charge on any atom is 0.161 e. The van der Waals surface area contributed by atoms with Crippen molar-refractivity contribution < 1.29 is 0 Å². The lowest BCUT2D eigenvalue weighted by Gasteiger charge is -2.27. The van der Waals surface area contributed by atoms with Crippen LogP contribution in [0.25, 0.3) is 5.82 Å². The van der Waals surface area contributed by atoms with E-state index in [0.717, 1.165) is 35.9 Å². The molecule has 2 heterocycles. The number of aromatic nitrogens is 3. The van der Waals surface area contributed by atoms with Crippen molar-refractivity contribution in [3.63, 3.8) is 0 Å². The van der Waals surface area contributed by atoms with Crippen LogP contribution in [-0.4, -0.2) is 34.3 Å². The molecule has 1 atom stereocenters. The lowest BCUT2D eigenvalue weighted by molar-refractivity contribution is 0.713. The summed E-state index contributed by atoms with van der Waals surface area (Å²) in [6.07, 6.45) is 9.86. The van der Waals surface area contributed by atoms with E-state index in [1.807, 2.05) is 24.4 Å². The third-order valence-electron chi connectivity index (χ3n) is 5.47. The molecule has 30 heavy (non-hydrogen) atoms.